The summed E-state index contributed by atoms with van der Waals surface area (Å²) < 4.78 is 1.77. The van der Waals surface area contributed by atoms with Gasteiger partial charge in [0, 0.05) is 28.8 Å². The summed E-state index contributed by atoms with van der Waals surface area (Å²) in [6, 6.07) is 8.37. The van der Waals surface area contributed by atoms with Crippen LogP contribution in [0.5, 0.6) is 0 Å². The van der Waals surface area contributed by atoms with Gasteiger partial charge in [0.1, 0.15) is 0 Å². The molecule has 1 heterocycles. The fourth-order valence-electron chi connectivity index (χ4n) is 1.99. The summed E-state index contributed by atoms with van der Waals surface area (Å²) in [5, 5.41) is 10.9. The zero-order chi connectivity index (χ0) is 14.7. The molecule has 1 aromatic carbocycles. The summed E-state index contributed by atoms with van der Waals surface area (Å²) in [5.41, 5.74) is 1.94. The van der Waals surface area contributed by atoms with Gasteiger partial charge >= 0.3 is 0 Å². The second kappa shape index (κ2) is 8.35. The third-order valence-electron chi connectivity index (χ3n) is 3.06. The zero-order valence-electron chi connectivity index (χ0n) is 12.3. The minimum absolute atomic E-state index is 0. The first-order valence-electron chi connectivity index (χ1n) is 6.21. The van der Waals surface area contributed by atoms with Crippen LogP contribution in [0, 0.1) is 24.0 Å². The van der Waals surface area contributed by atoms with Crippen molar-refractivity contribution in [1.82, 2.24) is 0 Å². The molecular weight excluding hydrogens is 352 g/mol. The number of Topliss-reactive ketones (excluding diaryl/α,β-unsaturated/α-hetero) is 1. The Morgan fingerprint density at radius 1 is 1.27 bits per heavy atom. The number of hydrogen-bond acceptors (Lipinski definition) is 3. The third kappa shape index (κ3) is 4.71. The molecule has 0 aliphatic carbocycles. The van der Waals surface area contributed by atoms with Gasteiger partial charge in [-0.05, 0) is 19.9 Å². The molecule has 0 aliphatic heterocycles. The number of pyridine rings is 1. The number of benzene rings is 1. The van der Waals surface area contributed by atoms with Gasteiger partial charge in [-0.15, -0.1) is 17.0 Å². The molecule has 2 aromatic rings. The summed E-state index contributed by atoms with van der Waals surface area (Å²) in [6.45, 7) is 3.77. The lowest BCUT2D eigenvalue weighted by Gasteiger charge is -2.01. The molecule has 0 saturated carbocycles. The van der Waals surface area contributed by atoms with Gasteiger partial charge in [-0.3, -0.25) is 14.9 Å². The monoisotopic (exact) mass is 369 g/mol. The van der Waals surface area contributed by atoms with Crippen LogP contribution in [-0.2, 0) is 6.54 Å². The molecule has 0 unspecified atom stereocenters. The van der Waals surface area contributed by atoms with E-state index in [1.165, 1.54) is 6.07 Å². The lowest BCUT2D eigenvalue weighted by Crippen LogP contribution is -2.37. The van der Waals surface area contributed by atoms with Crippen molar-refractivity contribution in [2.75, 3.05) is 0 Å². The van der Waals surface area contributed by atoms with Crippen LogP contribution in [-0.4, -0.2) is 16.2 Å². The van der Waals surface area contributed by atoms with Crippen LogP contribution in [0.1, 0.15) is 21.5 Å². The maximum atomic E-state index is 12.2. The average Bonchev–Trinajstić information content (AvgIpc) is 2.38. The number of rotatable bonds is 4. The summed E-state index contributed by atoms with van der Waals surface area (Å²) in [5.74, 6) is -0.149. The first-order chi connectivity index (χ1) is 9.47. The van der Waals surface area contributed by atoms with E-state index in [9.17, 15) is 14.9 Å². The Balaban J connectivity index is 0.00000220. The van der Waals surface area contributed by atoms with Crippen LogP contribution in [0.4, 0.5) is 5.69 Å². The van der Waals surface area contributed by atoms with Crippen LogP contribution in [0.2, 0.25) is 0 Å². The van der Waals surface area contributed by atoms with E-state index < -0.39 is 4.92 Å². The molecule has 2 rings (SSSR count). The van der Waals surface area contributed by atoms with E-state index in [2.05, 4.69) is 0 Å². The largest absolute Gasteiger partial charge is 0.412 e. The van der Waals surface area contributed by atoms with E-state index in [0.717, 1.165) is 5.56 Å². The Morgan fingerprint density at radius 2 is 1.95 bits per heavy atom. The fourth-order valence-corrected chi connectivity index (χ4v) is 1.99. The van der Waals surface area contributed by atoms with Gasteiger partial charge < -0.3 is 5.48 Å². The highest BCUT2D eigenvalue weighted by molar-refractivity contribution is 8.93. The number of aromatic nitrogens is 1. The predicted molar refractivity (Wildman–Crippen MR) is 87.5 cm³/mol. The van der Waals surface area contributed by atoms with Crippen molar-refractivity contribution in [1.29, 1.82) is 0 Å². The van der Waals surface area contributed by atoms with E-state index in [1.807, 2.05) is 25.3 Å². The van der Waals surface area contributed by atoms with Crippen molar-refractivity contribution in [2.24, 2.45) is 0 Å². The molecule has 1 aromatic heterocycles. The van der Waals surface area contributed by atoms with Crippen LogP contribution < -0.4 is 4.57 Å². The summed E-state index contributed by atoms with van der Waals surface area (Å²) >= 11 is 0. The first-order valence-corrected chi connectivity index (χ1v) is 6.21. The van der Waals surface area contributed by atoms with Gasteiger partial charge in [-0.25, -0.2) is 0 Å². The molecule has 22 heavy (non-hydrogen) atoms. The lowest BCUT2D eigenvalue weighted by atomic mass is 10.1. The number of hydrogen-bond donors (Lipinski definition) is 0. The predicted octanol–water partition coefficient (Wildman–Crippen LogP) is 2.14. The van der Waals surface area contributed by atoms with Gasteiger partial charge in [0.05, 0.1) is 4.92 Å². The molecule has 0 bridgehead atoms. The number of carbonyl (C=O) groups is 1. The normalized spacial score (nSPS) is 9.36. The average molecular weight is 370 g/mol. The molecule has 0 fully saturated rings. The third-order valence-corrected chi connectivity index (χ3v) is 3.06. The lowest BCUT2D eigenvalue weighted by molar-refractivity contribution is -0.683. The van der Waals surface area contributed by atoms with Crippen molar-refractivity contribution >= 4 is 28.5 Å². The Labute approximate surface area is 138 Å². The minimum Gasteiger partial charge on any atom is -0.412 e. The van der Waals surface area contributed by atoms with Gasteiger partial charge in [0.15, 0.2) is 12.4 Å². The molecular formula is C15H18BrN2O4+. The van der Waals surface area contributed by atoms with E-state index >= 15 is 0 Å². The molecule has 118 valence electrons. The number of aryl methyl sites for hydroxylation is 2. The fraction of sp³-hybridized carbons (Fsp3) is 0.200. The highest BCUT2D eigenvalue weighted by Crippen LogP contribution is 2.19. The molecule has 0 amide bonds. The molecule has 2 N–H and O–H groups in total. The smallest absolute Gasteiger partial charge is 0.273 e. The molecule has 0 radical (unpaired) electrons. The molecule has 7 heteroatoms. The number of nitrogens with zero attached hydrogens (tertiary/aromatic N) is 2. The number of carbonyl (C=O) groups excluding carboxylic acids is 1. The Hall–Kier alpha value is -2.12. The van der Waals surface area contributed by atoms with Gasteiger partial charge in [-0.2, -0.15) is 4.57 Å². The second-order valence-electron chi connectivity index (χ2n) is 4.74. The van der Waals surface area contributed by atoms with Crippen LogP contribution in [0.25, 0.3) is 0 Å². The topological polar surface area (TPSA) is 95.6 Å². The van der Waals surface area contributed by atoms with Crippen LogP contribution >= 0.6 is 17.0 Å². The molecule has 0 atom stereocenters. The number of nitro benzene ring substituents is 1. The molecule has 0 aliphatic rings. The summed E-state index contributed by atoms with van der Waals surface area (Å²) in [4.78, 5) is 22.6. The Kier molecular flexibility index (Phi) is 7.55. The Bertz CT molecular complexity index is 689. The summed E-state index contributed by atoms with van der Waals surface area (Å²) in [7, 11) is 0. The van der Waals surface area contributed by atoms with Crippen molar-refractivity contribution in [3.05, 3.63) is 69.5 Å². The molecule has 0 spiro atoms. The molecule has 6 nitrogen and oxygen atoms in total. The van der Waals surface area contributed by atoms with Gasteiger partial charge in [0.25, 0.3) is 5.69 Å². The first kappa shape index (κ1) is 19.9. The van der Waals surface area contributed by atoms with Crippen molar-refractivity contribution < 1.29 is 19.8 Å². The zero-order valence-corrected chi connectivity index (χ0v) is 14.0. The highest BCUT2D eigenvalue weighted by Gasteiger charge is 2.17. The summed E-state index contributed by atoms with van der Waals surface area (Å²) in [6.07, 6.45) is 3.66. The number of halogens is 1. The standard InChI is InChI=1S/C15H15N2O3.BrH.H2O/c1-11-4-3-7-16(9-11)10-15(18)13-6-5-12(2)14(8-13)17(19)20;;/h3-9H,10H2,1-2H3;1H;1H2/q+1;;. The van der Waals surface area contributed by atoms with E-state index in [1.54, 1.807) is 29.8 Å². The maximum absolute atomic E-state index is 12.2. The van der Waals surface area contributed by atoms with E-state index in [0.29, 0.717) is 11.1 Å². The van der Waals surface area contributed by atoms with Gasteiger partial charge in [0.2, 0.25) is 12.3 Å². The van der Waals surface area contributed by atoms with E-state index in [-0.39, 0.29) is 40.5 Å². The van der Waals surface area contributed by atoms with Crippen molar-refractivity contribution in [3.8, 4) is 0 Å². The van der Waals surface area contributed by atoms with Crippen molar-refractivity contribution in [2.45, 2.75) is 20.4 Å². The molecule has 0 saturated heterocycles. The minimum atomic E-state index is -0.466. The SMILES string of the molecule is Br.Cc1ccc[n+](CC(=O)c2ccc(C)c([N+](=O)[O-])c2)c1.O. The Morgan fingerprint density at radius 3 is 2.55 bits per heavy atom. The van der Waals surface area contributed by atoms with Crippen LogP contribution in [0.3, 0.4) is 0 Å². The van der Waals surface area contributed by atoms with Crippen molar-refractivity contribution in [3.63, 3.8) is 0 Å². The quantitative estimate of drug-likeness (QED) is 0.357. The second-order valence-corrected chi connectivity index (χ2v) is 4.74. The number of nitro groups is 1. The highest BCUT2D eigenvalue weighted by atomic mass is 79.9. The maximum Gasteiger partial charge on any atom is 0.273 e. The number of ketones is 1. The van der Waals surface area contributed by atoms with Gasteiger partial charge in [-0.1, -0.05) is 12.1 Å². The van der Waals surface area contributed by atoms with Crippen LogP contribution in [0.15, 0.2) is 42.7 Å². The van der Waals surface area contributed by atoms with E-state index in [4.69, 9.17) is 0 Å².